The quantitative estimate of drug-likeness (QED) is 0.215. The van der Waals surface area contributed by atoms with Crippen molar-refractivity contribution >= 4 is 34.7 Å². The number of nitrogens with zero attached hydrogens (tertiary/aromatic N) is 2. The normalized spacial score (nSPS) is 17.7. The van der Waals surface area contributed by atoms with Gasteiger partial charge in [-0.15, -0.1) is 0 Å². The van der Waals surface area contributed by atoms with Crippen LogP contribution < -0.4 is 15.4 Å². The van der Waals surface area contributed by atoms with Gasteiger partial charge in [0.15, 0.2) is 0 Å². The Kier molecular flexibility index (Phi) is 8.46. The number of hydrogen-bond donors (Lipinski definition) is 2. The Morgan fingerprint density at radius 3 is 2.16 bits per heavy atom. The number of benzene rings is 4. The zero-order valence-corrected chi connectivity index (χ0v) is 25.5. The summed E-state index contributed by atoms with van der Waals surface area (Å²) in [6, 6.07) is 30.1. The van der Waals surface area contributed by atoms with Gasteiger partial charge in [0.05, 0.1) is 25.1 Å². The van der Waals surface area contributed by atoms with Crippen molar-refractivity contribution < 1.29 is 14.3 Å². The van der Waals surface area contributed by atoms with Crippen LogP contribution >= 0.6 is 0 Å². The second kappa shape index (κ2) is 12.8. The molecule has 2 N–H and O–H groups in total. The predicted molar refractivity (Wildman–Crippen MR) is 176 cm³/mol. The summed E-state index contributed by atoms with van der Waals surface area (Å²) in [5, 5.41) is 6.20. The maximum Gasteiger partial charge on any atom is 0.322 e. The number of amides is 3. The lowest BCUT2D eigenvalue weighted by Gasteiger charge is -2.39. The van der Waals surface area contributed by atoms with Gasteiger partial charge in [0.1, 0.15) is 5.75 Å². The molecule has 4 aromatic rings. The maximum absolute atomic E-state index is 13.4. The number of aryl methyl sites for hydroxylation is 2. The third kappa shape index (κ3) is 6.23. The SMILES string of the molecule is COc1cc(NC(=O)C2CCC(N3Cc4c(C)cc(N=C(c5ccccc5)c5ccccc5)cc4NC3=O)CC2)ccc1C. The summed E-state index contributed by atoms with van der Waals surface area (Å²) in [6.45, 7) is 4.61. The number of carbonyl (C=O) groups is 2. The van der Waals surface area contributed by atoms with Gasteiger partial charge in [0.2, 0.25) is 5.91 Å². The van der Waals surface area contributed by atoms with E-state index in [1.807, 2.05) is 72.5 Å². The summed E-state index contributed by atoms with van der Waals surface area (Å²) in [5.74, 6) is 0.700. The molecule has 0 atom stereocenters. The van der Waals surface area contributed by atoms with Crippen molar-refractivity contribution in [3.8, 4) is 5.75 Å². The lowest BCUT2D eigenvalue weighted by atomic mass is 9.84. The monoisotopic (exact) mass is 586 g/mol. The topological polar surface area (TPSA) is 83.0 Å². The lowest BCUT2D eigenvalue weighted by molar-refractivity contribution is -0.121. The number of aliphatic imine (C=N–C) groups is 1. The van der Waals surface area contributed by atoms with Gasteiger partial charge < -0.3 is 20.3 Å². The minimum atomic E-state index is -0.0935. The molecule has 44 heavy (non-hydrogen) atoms. The molecule has 1 aliphatic carbocycles. The summed E-state index contributed by atoms with van der Waals surface area (Å²) in [4.78, 5) is 33.4. The highest BCUT2D eigenvalue weighted by atomic mass is 16.5. The molecule has 0 aromatic heterocycles. The molecular weight excluding hydrogens is 548 g/mol. The van der Waals surface area contributed by atoms with Crippen LogP contribution in [0.15, 0.2) is 96.0 Å². The van der Waals surface area contributed by atoms with E-state index in [4.69, 9.17) is 9.73 Å². The number of fused-ring (bicyclic) bond motifs is 1. The molecule has 0 saturated heterocycles. The Labute approximate surface area is 259 Å². The minimum Gasteiger partial charge on any atom is -0.496 e. The summed E-state index contributed by atoms with van der Waals surface area (Å²) < 4.78 is 5.40. The first-order valence-electron chi connectivity index (χ1n) is 15.3. The zero-order chi connectivity index (χ0) is 30.6. The van der Waals surface area contributed by atoms with Gasteiger partial charge in [-0.2, -0.15) is 0 Å². The second-order valence-corrected chi connectivity index (χ2v) is 11.7. The van der Waals surface area contributed by atoms with Crippen molar-refractivity contribution in [2.24, 2.45) is 10.9 Å². The molecule has 0 radical (unpaired) electrons. The van der Waals surface area contributed by atoms with Crippen molar-refractivity contribution in [2.75, 3.05) is 17.7 Å². The van der Waals surface area contributed by atoms with Crippen LogP contribution in [0.2, 0.25) is 0 Å². The number of methoxy groups -OCH3 is 1. The average Bonchev–Trinajstić information content (AvgIpc) is 3.05. The third-order valence-corrected chi connectivity index (χ3v) is 8.81. The minimum absolute atomic E-state index is 0.0251. The molecule has 1 aliphatic heterocycles. The molecule has 1 fully saturated rings. The molecule has 1 saturated carbocycles. The van der Waals surface area contributed by atoms with Gasteiger partial charge in [0.25, 0.3) is 0 Å². The Bertz CT molecular complexity index is 1650. The highest BCUT2D eigenvalue weighted by molar-refractivity contribution is 6.14. The van der Waals surface area contributed by atoms with Crippen LogP contribution in [0.3, 0.4) is 0 Å². The van der Waals surface area contributed by atoms with Gasteiger partial charge in [-0.05, 0) is 74.4 Å². The first-order valence-corrected chi connectivity index (χ1v) is 15.3. The predicted octanol–water partition coefficient (Wildman–Crippen LogP) is 8.03. The molecule has 0 spiro atoms. The highest BCUT2D eigenvalue weighted by Gasteiger charge is 2.34. The maximum atomic E-state index is 13.4. The molecule has 2 aliphatic rings. The largest absolute Gasteiger partial charge is 0.496 e. The molecule has 224 valence electrons. The van der Waals surface area contributed by atoms with Crippen LogP contribution in [0.5, 0.6) is 5.75 Å². The number of anilines is 2. The first-order chi connectivity index (χ1) is 21.4. The van der Waals surface area contributed by atoms with E-state index in [1.165, 1.54) is 0 Å². The molecule has 6 rings (SSSR count). The van der Waals surface area contributed by atoms with Crippen LogP contribution in [-0.4, -0.2) is 35.7 Å². The molecule has 7 heteroatoms. The van der Waals surface area contributed by atoms with E-state index in [-0.39, 0.29) is 23.9 Å². The number of nitrogens with one attached hydrogen (secondary N) is 2. The van der Waals surface area contributed by atoms with E-state index in [0.717, 1.165) is 82.0 Å². The fourth-order valence-corrected chi connectivity index (χ4v) is 6.32. The smallest absolute Gasteiger partial charge is 0.322 e. The highest BCUT2D eigenvalue weighted by Crippen LogP contribution is 2.36. The molecule has 4 aromatic carbocycles. The van der Waals surface area contributed by atoms with E-state index in [9.17, 15) is 9.59 Å². The molecular formula is C37H38N4O3. The lowest BCUT2D eigenvalue weighted by Crippen LogP contribution is -2.47. The third-order valence-electron chi connectivity index (χ3n) is 8.81. The van der Waals surface area contributed by atoms with E-state index in [0.29, 0.717) is 6.54 Å². The molecule has 3 amide bonds. The van der Waals surface area contributed by atoms with Gasteiger partial charge in [0, 0.05) is 40.5 Å². The summed E-state index contributed by atoms with van der Waals surface area (Å²) in [7, 11) is 1.63. The Morgan fingerprint density at radius 1 is 0.864 bits per heavy atom. The Morgan fingerprint density at radius 2 is 1.52 bits per heavy atom. The van der Waals surface area contributed by atoms with Crippen LogP contribution in [0.4, 0.5) is 21.9 Å². The molecule has 7 nitrogen and oxygen atoms in total. The number of rotatable bonds is 7. The fourth-order valence-electron chi connectivity index (χ4n) is 6.32. The van der Waals surface area contributed by atoms with Gasteiger partial charge >= 0.3 is 6.03 Å². The molecule has 0 bridgehead atoms. The number of ether oxygens (including phenoxy) is 1. The van der Waals surface area contributed by atoms with E-state index in [2.05, 4.69) is 47.9 Å². The van der Waals surface area contributed by atoms with Gasteiger partial charge in [-0.3, -0.25) is 4.79 Å². The van der Waals surface area contributed by atoms with Gasteiger partial charge in [-0.1, -0.05) is 66.7 Å². The first kappa shape index (κ1) is 29.2. The van der Waals surface area contributed by atoms with Crippen LogP contribution in [-0.2, 0) is 11.3 Å². The zero-order valence-electron chi connectivity index (χ0n) is 25.5. The Hall–Kier alpha value is -4.91. The van der Waals surface area contributed by atoms with Crippen molar-refractivity contribution in [3.63, 3.8) is 0 Å². The van der Waals surface area contributed by atoms with Gasteiger partial charge in [-0.25, -0.2) is 9.79 Å². The van der Waals surface area contributed by atoms with E-state index >= 15 is 0 Å². The van der Waals surface area contributed by atoms with E-state index < -0.39 is 0 Å². The van der Waals surface area contributed by atoms with Crippen molar-refractivity contribution in [1.82, 2.24) is 4.90 Å². The summed E-state index contributed by atoms with van der Waals surface area (Å²) in [5.41, 5.74) is 8.53. The van der Waals surface area contributed by atoms with Crippen molar-refractivity contribution in [1.29, 1.82) is 0 Å². The van der Waals surface area contributed by atoms with Crippen molar-refractivity contribution in [2.45, 2.75) is 52.1 Å². The summed E-state index contributed by atoms with van der Waals surface area (Å²) >= 11 is 0. The number of hydrogen-bond acceptors (Lipinski definition) is 4. The summed E-state index contributed by atoms with van der Waals surface area (Å²) in [6.07, 6.45) is 3.06. The van der Waals surface area contributed by atoms with Crippen LogP contribution in [0, 0.1) is 19.8 Å². The Balaban J connectivity index is 1.15. The average molecular weight is 587 g/mol. The van der Waals surface area contributed by atoms with Crippen molar-refractivity contribution in [3.05, 3.63) is 119 Å². The molecule has 1 heterocycles. The fraction of sp³-hybridized carbons (Fsp3) is 0.270. The second-order valence-electron chi connectivity index (χ2n) is 11.7. The van der Waals surface area contributed by atoms with Crippen LogP contribution in [0.25, 0.3) is 0 Å². The van der Waals surface area contributed by atoms with Crippen LogP contribution in [0.1, 0.15) is 53.5 Å². The van der Waals surface area contributed by atoms with E-state index in [1.54, 1.807) is 7.11 Å². The molecule has 0 unspecified atom stereocenters. The number of carbonyl (C=O) groups excluding carboxylic acids is 2. The number of urea groups is 1. The standard InChI is InChI=1S/C37H38N4O3/c1-24-14-17-29(22-34(24)44-3)39-36(42)28-15-18-31(19-16-28)41-23-32-25(2)20-30(21-33(32)40-37(41)43)38-35(26-10-6-4-7-11-26)27-12-8-5-9-13-27/h4-14,17,20-22,28,31H,15-16,18-19,23H2,1-3H3,(H,39,42)(H,40,43).